The first-order valence-electron chi connectivity index (χ1n) is 20.2. The fraction of sp³-hybridized carbons (Fsp3) is 0.130. The van der Waals surface area contributed by atoms with E-state index in [0.29, 0.717) is 0 Å². The number of amides is 8. The molecular weight excluding hydrogens is 857 g/mol. The average molecular weight is 887 g/mol. The average Bonchev–Trinajstić information content (AvgIpc) is 3.92. The minimum atomic E-state index is -0.611. The maximum atomic E-state index is 13.3. The van der Waals surface area contributed by atoms with Gasteiger partial charge in [-0.2, -0.15) is 0 Å². The molecule has 4 aromatic carbocycles. The van der Waals surface area contributed by atoms with Crippen LogP contribution < -0.4 is 19.3 Å². The molecule has 326 valence electrons. The van der Waals surface area contributed by atoms with Gasteiger partial charge in [-0.05, 0) is 84.9 Å². The Bertz CT molecular complexity index is 2890. The van der Waals surface area contributed by atoms with Crippen molar-refractivity contribution in [3.63, 3.8) is 0 Å². The van der Waals surface area contributed by atoms with E-state index < -0.39 is 47.3 Å². The molecule has 6 aromatic rings. The first-order valence-corrected chi connectivity index (χ1v) is 20.2. The summed E-state index contributed by atoms with van der Waals surface area (Å²) in [4.78, 5) is 125. The number of benzene rings is 4. The van der Waals surface area contributed by atoms with Gasteiger partial charge in [-0.3, -0.25) is 48.2 Å². The van der Waals surface area contributed by atoms with E-state index in [1.165, 1.54) is 97.6 Å². The summed E-state index contributed by atoms with van der Waals surface area (Å²) in [5.74, 6) is -3.66. The lowest BCUT2D eigenvalue weighted by atomic mass is 10.1. The Hall–Kier alpha value is -8.88. The molecule has 66 heavy (non-hydrogen) atoms. The fourth-order valence-corrected chi connectivity index (χ4v) is 7.72. The number of imide groups is 4. The molecule has 0 saturated heterocycles. The third-order valence-corrected chi connectivity index (χ3v) is 10.9. The highest BCUT2D eigenvalue weighted by atomic mass is 16.5. The second kappa shape index (κ2) is 16.7. The largest absolute Gasteiger partial charge is 0.457 e. The molecule has 0 saturated carbocycles. The van der Waals surface area contributed by atoms with E-state index in [0.717, 1.165) is 19.6 Å². The molecule has 0 radical (unpaired) electrons. The molecule has 0 spiro atoms. The van der Waals surface area contributed by atoms with Crippen LogP contribution in [-0.2, 0) is 9.47 Å². The van der Waals surface area contributed by atoms with Crippen molar-refractivity contribution < 1.29 is 57.3 Å². The van der Waals surface area contributed by atoms with Crippen LogP contribution in [0.5, 0.6) is 23.0 Å². The zero-order valence-electron chi connectivity index (χ0n) is 34.1. The van der Waals surface area contributed by atoms with Gasteiger partial charge in [-0.25, -0.2) is 29.7 Å². The zero-order chi connectivity index (χ0) is 45.6. The number of aromatic nitrogens is 4. The van der Waals surface area contributed by atoms with Crippen molar-refractivity contribution in [2.75, 3.05) is 49.3 Å². The minimum absolute atomic E-state index is 0.00882. The van der Waals surface area contributed by atoms with Crippen LogP contribution in [0.25, 0.3) is 0 Å². The van der Waals surface area contributed by atoms with Crippen LogP contribution in [0, 0.1) is 0 Å². The van der Waals surface area contributed by atoms with Gasteiger partial charge < -0.3 is 18.9 Å². The third-order valence-electron chi connectivity index (χ3n) is 10.9. The minimum Gasteiger partial charge on any atom is -0.457 e. The highest BCUT2D eigenvalue weighted by molar-refractivity contribution is 6.35. The van der Waals surface area contributed by atoms with Gasteiger partial charge in [0, 0.05) is 24.8 Å². The molecule has 4 aliphatic rings. The van der Waals surface area contributed by atoms with E-state index in [1.54, 1.807) is 12.1 Å². The van der Waals surface area contributed by atoms with Gasteiger partial charge >= 0.3 is 0 Å². The summed E-state index contributed by atoms with van der Waals surface area (Å²) >= 11 is 0. The number of anilines is 2. The van der Waals surface area contributed by atoms with Crippen LogP contribution in [-0.4, -0.2) is 117 Å². The summed E-state index contributed by atoms with van der Waals surface area (Å²) in [7, 11) is 0. The first-order chi connectivity index (χ1) is 32.1. The Balaban J connectivity index is 0.670. The van der Waals surface area contributed by atoms with Gasteiger partial charge in [0.05, 0.1) is 84.0 Å². The summed E-state index contributed by atoms with van der Waals surface area (Å²) in [5.41, 5.74) is 1.14. The van der Waals surface area contributed by atoms with Crippen LogP contribution in [0.4, 0.5) is 11.9 Å². The molecule has 8 amide bonds. The van der Waals surface area contributed by atoms with Crippen molar-refractivity contribution in [1.29, 1.82) is 0 Å². The Kier molecular flexibility index (Phi) is 10.4. The first kappa shape index (κ1) is 41.1. The standard InChI is InChI=1S/C46H30N8O12/c55-37-29-7-3-25(65-27-5-9-31-35(23-27)43(61)53(41(31)59)45-47-11-1-12-48-45)21-33(29)39(57)51(37)15-17-63-19-20-64-18-16-52-38(56)30-8-4-26(22-34(30)40(52)58)66-28-6-10-32-36(24-28)44(62)54(42(32)60)46-49-13-2-14-50-46/h1-14,21-24H,15-20H2. The number of fused-ring (bicyclic) bond motifs is 4. The van der Waals surface area contributed by atoms with Crippen molar-refractivity contribution >= 4 is 59.2 Å². The van der Waals surface area contributed by atoms with Crippen LogP contribution in [0.1, 0.15) is 82.9 Å². The number of rotatable bonds is 15. The van der Waals surface area contributed by atoms with E-state index in [4.69, 9.17) is 18.9 Å². The quantitative estimate of drug-likeness (QED) is 0.103. The van der Waals surface area contributed by atoms with Gasteiger partial charge in [-0.15, -0.1) is 0 Å². The highest BCUT2D eigenvalue weighted by Gasteiger charge is 2.41. The van der Waals surface area contributed by atoms with Crippen molar-refractivity contribution in [1.82, 2.24) is 29.7 Å². The summed E-state index contributed by atoms with van der Waals surface area (Å²) in [6.07, 6.45) is 5.67. The summed E-state index contributed by atoms with van der Waals surface area (Å²) < 4.78 is 23.1. The molecule has 2 aromatic heterocycles. The van der Waals surface area contributed by atoms with Crippen molar-refractivity contribution in [2.45, 2.75) is 0 Å². The molecular formula is C46H30N8O12. The van der Waals surface area contributed by atoms with Gasteiger partial charge in [0.15, 0.2) is 0 Å². The van der Waals surface area contributed by atoms with Gasteiger partial charge in [0.1, 0.15) is 23.0 Å². The molecule has 4 aliphatic heterocycles. The molecule has 0 atom stereocenters. The fourth-order valence-electron chi connectivity index (χ4n) is 7.72. The van der Waals surface area contributed by atoms with Crippen LogP contribution in [0.15, 0.2) is 110 Å². The number of carbonyl (C=O) groups excluding carboxylic acids is 8. The second-order valence-electron chi connectivity index (χ2n) is 14.8. The molecule has 10 rings (SSSR count). The third kappa shape index (κ3) is 7.16. The second-order valence-corrected chi connectivity index (χ2v) is 14.8. The zero-order valence-corrected chi connectivity index (χ0v) is 34.1. The summed E-state index contributed by atoms with van der Waals surface area (Å²) in [6, 6.07) is 20.7. The van der Waals surface area contributed by atoms with E-state index in [9.17, 15) is 38.4 Å². The lowest BCUT2D eigenvalue weighted by Gasteiger charge is -2.15. The number of ether oxygens (including phenoxy) is 4. The van der Waals surface area contributed by atoms with Crippen LogP contribution in [0.2, 0.25) is 0 Å². The smallest absolute Gasteiger partial charge is 0.268 e. The SMILES string of the molecule is O=C1c2ccc(Oc3ccc4c(c3)C(=O)N(c3ncccn3)C4=O)cc2C(=O)N1CCOCCOCCN1C(=O)c2ccc(Oc3ccc4c(c3)C(=O)N(c3ncccn3)C4=O)cc2C1=O. The van der Waals surface area contributed by atoms with Gasteiger partial charge in [0.2, 0.25) is 11.9 Å². The maximum Gasteiger partial charge on any atom is 0.268 e. The van der Waals surface area contributed by atoms with Crippen molar-refractivity contribution in [2.24, 2.45) is 0 Å². The highest BCUT2D eigenvalue weighted by Crippen LogP contribution is 2.35. The molecule has 20 nitrogen and oxygen atoms in total. The normalized spacial score (nSPS) is 15.0. The Morgan fingerprint density at radius 3 is 0.985 bits per heavy atom. The lowest BCUT2D eigenvalue weighted by Crippen LogP contribution is -2.34. The number of hydrogen-bond donors (Lipinski definition) is 0. The Morgan fingerprint density at radius 2 is 0.636 bits per heavy atom. The Labute approximate surface area is 371 Å². The van der Waals surface area contributed by atoms with E-state index in [1.807, 2.05) is 0 Å². The molecule has 20 heteroatoms. The lowest BCUT2D eigenvalue weighted by molar-refractivity contribution is 0.0285. The molecule has 6 heterocycles. The predicted octanol–water partition coefficient (Wildman–Crippen LogP) is 4.38. The number of nitrogens with zero attached hydrogens (tertiary/aromatic N) is 8. The molecule has 0 aliphatic carbocycles. The van der Waals surface area contributed by atoms with E-state index >= 15 is 0 Å². The number of carbonyl (C=O) groups is 8. The monoisotopic (exact) mass is 886 g/mol. The van der Waals surface area contributed by atoms with Crippen LogP contribution >= 0.6 is 0 Å². The Morgan fingerprint density at radius 1 is 0.348 bits per heavy atom. The van der Waals surface area contributed by atoms with Crippen molar-refractivity contribution in [3.05, 3.63) is 154 Å². The maximum absolute atomic E-state index is 13.3. The van der Waals surface area contributed by atoms with E-state index in [2.05, 4.69) is 19.9 Å². The van der Waals surface area contributed by atoms with Crippen molar-refractivity contribution in [3.8, 4) is 23.0 Å². The van der Waals surface area contributed by atoms with Gasteiger partial charge in [-0.1, -0.05) is 0 Å². The molecule has 0 fully saturated rings. The molecule has 0 bridgehead atoms. The topological polar surface area (TPSA) is 238 Å². The summed E-state index contributed by atoms with van der Waals surface area (Å²) in [5, 5.41) is 0. The van der Waals surface area contributed by atoms with Gasteiger partial charge in [0.25, 0.3) is 47.3 Å². The van der Waals surface area contributed by atoms with E-state index in [-0.39, 0.29) is 119 Å². The van der Waals surface area contributed by atoms with Crippen LogP contribution in [0.3, 0.4) is 0 Å². The number of hydrogen-bond acceptors (Lipinski definition) is 16. The molecule has 0 N–H and O–H groups in total. The molecule has 0 unspecified atom stereocenters. The predicted molar refractivity (Wildman–Crippen MR) is 225 cm³/mol. The summed E-state index contributed by atoms with van der Waals surface area (Å²) in [6.45, 7) is 0.117.